The molecule has 0 radical (unpaired) electrons. The van der Waals surface area contributed by atoms with Crippen LogP contribution in [0.3, 0.4) is 0 Å². The largest absolute Gasteiger partial charge is 0.120 e. The van der Waals surface area contributed by atoms with Crippen LogP contribution in [0.4, 0.5) is 0 Å². The molecular weight excluding hydrogens is 96.1 g/mol. The third-order valence-corrected chi connectivity index (χ3v) is 1.56. The molecule has 0 aromatic rings. The van der Waals surface area contributed by atoms with Gasteiger partial charge in [-0.05, 0) is 5.92 Å². The molecule has 0 saturated heterocycles. The molecule has 0 N–H and O–H groups in total. The van der Waals surface area contributed by atoms with E-state index in [-0.39, 0.29) is 0 Å². The highest BCUT2D eigenvalue weighted by Gasteiger charge is 1.97. The van der Waals surface area contributed by atoms with E-state index in [4.69, 9.17) is 6.42 Å². The Hall–Kier alpha value is -0.440. The van der Waals surface area contributed by atoms with E-state index in [2.05, 4.69) is 19.8 Å². The maximum Gasteiger partial charge on any atom is 0.0114 e. The van der Waals surface area contributed by atoms with E-state index in [1.807, 2.05) is 0 Å². The van der Waals surface area contributed by atoms with Crippen LogP contribution in [0.5, 0.6) is 0 Å². The molecule has 0 atom stereocenters. The smallest absolute Gasteiger partial charge is 0.0114 e. The fraction of sp³-hybridized carbons (Fsp3) is 0.750. The van der Waals surface area contributed by atoms with Crippen molar-refractivity contribution in [2.45, 2.75) is 33.1 Å². The van der Waals surface area contributed by atoms with E-state index < -0.39 is 0 Å². The molecule has 0 fully saturated rings. The lowest BCUT2D eigenvalue weighted by Crippen LogP contribution is -1.93. The second-order valence-corrected chi connectivity index (χ2v) is 2.09. The Morgan fingerprint density at radius 1 is 1.38 bits per heavy atom. The van der Waals surface area contributed by atoms with Crippen molar-refractivity contribution in [1.82, 2.24) is 0 Å². The van der Waals surface area contributed by atoms with Crippen molar-refractivity contribution in [2.75, 3.05) is 0 Å². The second-order valence-electron chi connectivity index (χ2n) is 2.09. The first-order valence-electron chi connectivity index (χ1n) is 3.28. The fourth-order valence-electron chi connectivity index (χ4n) is 0.744. The van der Waals surface area contributed by atoms with Crippen LogP contribution in [0.2, 0.25) is 0 Å². The summed E-state index contributed by atoms with van der Waals surface area (Å²) in [5.74, 6) is 3.43. The van der Waals surface area contributed by atoms with E-state index in [0.29, 0.717) is 0 Å². The van der Waals surface area contributed by atoms with Gasteiger partial charge in [0.25, 0.3) is 0 Å². The van der Waals surface area contributed by atoms with E-state index >= 15 is 0 Å². The van der Waals surface area contributed by atoms with Gasteiger partial charge >= 0.3 is 0 Å². The third-order valence-electron chi connectivity index (χ3n) is 1.56. The van der Waals surface area contributed by atoms with Gasteiger partial charge < -0.3 is 0 Å². The molecule has 0 aromatic heterocycles. The molecule has 0 aliphatic rings. The average Bonchev–Trinajstić information content (AvgIpc) is 1.83. The minimum atomic E-state index is 0.764. The summed E-state index contributed by atoms with van der Waals surface area (Å²) in [6.45, 7) is 4.37. The predicted octanol–water partition coefficient (Wildman–Crippen LogP) is 2.45. The van der Waals surface area contributed by atoms with Gasteiger partial charge in [0.15, 0.2) is 0 Å². The van der Waals surface area contributed by atoms with Crippen LogP contribution in [0.25, 0.3) is 0 Å². The fourth-order valence-corrected chi connectivity index (χ4v) is 0.744. The summed E-state index contributed by atoms with van der Waals surface area (Å²) in [6.07, 6.45) is 8.53. The zero-order valence-electron chi connectivity index (χ0n) is 5.78. The molecule has 46 valence electrons. The molecule has 0 aliphatic heterocycles. The Morgan fingerprint density at radius 2 is 1.88 bits per heavy atom. The summed E-state index contributed by atoms with van der Waals surface area (Å²) in [7, 11) is 0. The monoisotopic (exact) mass is 110 g/mol. The SMILES string of the molecule is C#CCC(CC)CC. The summed E-state index contributed by atoms with van der Waals surface area (Å²) in [5, 5.41) is 0. The molecule has 0 rings (SSSR count). The van der Waals surface area contributed by atoms with Crippen molar-refractivity contribution in [2.24, 2.45) is 5.92 Å². The van der Waals surface area contributed by atoms with Crippen LogP contribution in [0.15, 0.2) is 0 Å². The molecular formula is C8H14. The van der Waals surface area contributed by atoms with Gasteiger partial charge in [0.05, 0.1) is 0 Å². The number of terminal acetylenes is 1. The quantitative estimate of drug-likeness (QED) is 0.489. The molecule has 0 aromatic carbocycles. The lowest BCUT2D eigenvalue weighted by Gasteiger charge is -2.04. The summed E-state index contributed by atoms with van der Waals surface area (Å²) < 4.78 is 0. The second kappa shape index (κ2) is 4.71. The molecule has 0 aliphatic carbocycles. The standard InChI is InChI=1S/C8H14/c1-4-7-8(5-2)6-3/h1,8H,5-7H2,2-3H3. The first kappa shape index (κ1) is 7.56. The Morgan fingerprint density at radius 3 is 2.00 bits per heavy atom. The summed E-state index contributed by atoms with van der Waals surface area (Å²) >= 11 is 0. The highest BCUT2D eigenvalue weighted by atomic mass is 14.0. The van der Waals surface area contributed by atoms with Crippen molar-refractivity contribution in [3.05, 3.63) is 0 Å². The molecule has 0 nitrogen and oxygen atoms in total. The lowest BCUT2D eigenvalue weighted by atomic mass is 10.0. The van der Waals surface area contributed by atoms with E-state index in [1.54, 1.807) is 0 Å². The zero-order chi connectivity index (χ0) is 6.41. The molecule has 0 unspecified atom stereocenters. The summed E-state index contributed by atoms with van der Waals surface area (Å²) in [6, 6.07) is 0. The van der Waals surface area contributed by atoms with Gasteiger partial charge in [-0.25, -0.2) is 0 Å². The van der Waals surface area contributed by atoms with Gasteiger partial charge in [0.1, 0.15) is 0 Å². The van der Waals surface area contributed by atoms with Crippen LogP contribution in [-0.4, -0.2) is 0 Å². The molecule has 0 saturated carbocycles. The van der Waals surface area contributed by atoms with Crippen LogP contribution < -0.4 is 0 Å². The van der Waals surface area contributed by atoms with Crippen molar-refractivity contribution in [1.29, 1.82) is 0 Å². The van der Waals surface area contributed by atoms with Crippen molar-refractivity contribution < 1.29 is 0 Å². The minimum absolute atomic E-state index is 0.764. The van der Waals surface area contributed by atoms with Gasteiger partial charge in [-0.2, -0.15) is 0 Å². The maximum atomic E-state index is 5.13. The predicted molar refractivity (Wildman–Crippen MR) is 37.5 cm³/mol. The van der Waals surface area contributed by atoms with Gasteiger partial charge in [-0.15, -0.1) is 12.3 Å². The Balaban J connectivity index is 3.25. The van der Waals surface area contributed by atoms with Crippen LogP contribution in [0.1, 0.15) is 33.1 Å². The Kier molecular flexibility index (Phi) is 4.45. The first-order valence-corrected chi connectivity index (χ1v) is 3.28. The van der Waals surface area contributed by atoms with Gasteiger partial charge in [0.2, 0.25) is 0 Å². The molecule has 8 heavy (non-hydrogen) atoms. The molecule has 0 heteroatoms. The highest BCUT2D eigenvalue weighted by molar-refractivity contribution is 4.85. The molecule has 0 spiro atoms. The van der Waals surface area contributed by atoms with E-state index in [9.17, 15) is 0 Å². The Bertz CT molecular complexity index is 72.5. The van der Waals surface area contributed by atoms with Crippen LogP contribution >= 0.6 is 0 Å². The van der Waals surface area contributed by atoms with Crippen molar-refractivity contribution in [3.8, 4) is 12.3 Å². The average molecular weight is 110 g/mol. The Labute approximate surface area is 52.3 Å². The summed E-state index contributed by atoms with van der Waals surface area (Å²) in [5.41, 5.74) is 0. The van der Waals surface area contributed by atoms with Gasteiger partial charge in [0, 0.05) is 6.42 Å². The van der Waals surface area contributed by atoms with Gasteiger partial charge in [-0.3, -0.25) is 0 Å². The van der Waals surface area contributed by atoms with E-state index in [0.717, 1.165) is 12.3 Å². The number of rotatable bonds is 3. The minimum Gasteiger partial charge on any atom is -0.120 e. The third kappa shape index (κ3) is 2.69. The number of hydrogen-bond acceptors (Lipinski definition) is 0. The molecule has 0 bridgehead atoms. The molecule has 0 amide bonds. The van der Waals surface area contributed by atoms with Crippen LogP contribution in [-0.2, 0) is 0 Å². The summed E-state index contributed by atoms with van der Waals surface area (Å²) in [4.78, 5) is 0. The normalized spacial score (nSPS) is 9.25. The van der Waals surface area contributed by atoms with Gasteiger partial charge in [-0.1, -0.05) is 26.7 Å². The lowest BCUT2D eigenvalue weighted by molar-refractivity contribution is 0.507. The highest BCUT2D eigenvalue weighted by Crippen LogP contribution is 2.10. The first-order chi connectivity index (χ1) is 3.85. The van der Waals surface area contributed by atoms with E-state index in [1.165, 1.54) is 12.8 Å². The topological polar surface area (TPSA) is 0 Å². The number of hydrogen-bond donors (Lipinski definition) is 0. The van der Waals surface area contributed by atoms with Crippen molar-refractivity contribution in [3.63, 3.8) is 0 Å². The maximum absolute atomic E-state index is 5.13. The molecule has 0 heterocycles. The zero-order valence-corrected chi connectivity index (χ0v) is 5.78. The van der Waals surface area contributed by atoms with Crippen LogP contribution in [0, 0.1) is 18.3 Å². The van der Waals surface area contributed by atoms with Crippen molar-refractivity contribution >= 4 is 0 Å².